The van der Waals surface area contributed by atoms with Crippen LogP contribution in [0.15, 0.2) is 16.6 Å². The predicted molar refractivity (Wildman–Crippen MR) is 206 cm³/mol. The molecule has 270 valence electrons. The van der Waals surface area contributed by atoms with Crippen LogP contribution in [-0.2, 0) is 0 Å². The Balaban J connectivity index is 2.47. The summed E-state index contributed by atoms with van der Waals surface area (Å²) in [6.45, 7) is 9.06. The van der Waals surface area contributed by atoms with E-state index in [4.69, 9.17) is 14.2 Å². The molecule has 0 saturated carbocycles. The molecule has 1 aromatic rings. The van der Waals surface area contributed by atoms with Crippen molar-refractivity contribution in [3.05, 3.63) is 16.6 Å². The summed E-state index contributed by atoms with van der Waals surface area (Å²) in [5.41, 5.74) is 0. The summed E-state index contributed by atoms with van der Waals surface area (Å²) in [5, 5.41) is 0. The molecule has 0 fully saturated rings. The third-order valence-electron chi connectivity index (χ3n) is 9.24. The first kappa shape index (κ1) is 43.1. The van der Waals surface area contributed by atoms with E-state index in [0.29, 0.717) is 0 Å². The van der Waals surface area contributed by atoms with Crippen LogP contribution in [0, 0.1) is 0 Å². The molecule has 1 rings (SSSR count). The minimum Gasteiger partial charge on any atom is -0.490 e. The summed E-state index contributed by atoms with van der Waals surface area (Å²) in [6, 6.07) is 4.13. The molecular formula is C42H77BrO3. The summed E-state index contributed by atoms with van der Waals surface area (Å²) in [4.78, 5) is 0. The van der Waals surface area contributed by atoms with Crippen LogP contribution in [0.4, 0.5) is 0 Å². The zero-order chi connectivity index (χ0) is 33.2. The summed E-state index contributed by atoms with van der Waals surface area (Å²) in [6.07, 6.45) is 39.9. The second-order valence-electron chi connectivity index (χ2n) is 13.8. The lowest BCUT2D eigenvalue weighted by molar-refractivity contribution is 0.234. The predicted octanol–water partition coefficient (Wildman–Crippen LogP) is 15.3. The van der Waals surface area contributed by atoms with Gasteiger partial charge in [0.15, 0.2) is 11.5 Å². The van der Waals surface area contributed by atoms with Gasteiger partial charge in [-0.2, -0.15) is 0 Å². The Hall–Kier alpha value is -0.900. The van der Waals surface area contributed by atoms with E-state index in [1.165, 1.54) is 173 Å². The van der Waals surface area contributed by atoms with Gasteiger partial charge in [0.05, 0.1) is 19.8 Å². The molecule has 0 bridgehead atoms. The highest BCUT2D eigenvalue weighted by Gasteiger charge is 2.15. The zero-order valence-corrected chi connectivity index (χ0v) is 32.7. The number of hydrogen-bond acceptors (Lipinski definition) is 3. The van der Waals surface area contributed by atoms with Crippen LogP contribution in [0.25, 0.3) is 0 Å². The molecule has 0 radical (unpaired) electrons. The summed E-state index contributed by atoms with van der Waals surface area (Å²) in [5.74, 6) is 2.46. The molecular weight excluding hydrogens is 632 g/mol. The maximum atomic E-state index is 6.43. The van der Waals surface area contributed by atoms with E-state index in [2.05, 4.69) is 48.8 Å². The van der Waals surface area contributed by atoms with Crippen LogP contribution in [0.1, 0.15) is 213 Å². The normalized spacial score (nSPS) is 11.3. The van der Waals surface area contributed by atoms with Crippen LogP contribution in [0.3, 0.4) is 0 Å². The fourth-order valence-electron chi connectivity index (χ4n) is 6.21. The third-order valence-corrected chi connectivity index (χ3v) is 9.70. The van der Waals surface area contributed by atoms with Gasteiger partial charge < -0.3 is 14.2 Å². The third kappa shape index (κ3) is 26.1. The lowest BCUT2D eigenvalue weighted by atomic mass is 10.1. The van der Waals surface area contributed by atoms with Crippen molar-refractivity contribution in [1.82, 2.24) is 0 Å². The van der Waals surface area contributed by atoms with Crippen LogP contribution in [0.5, 0.6) is 17.2 Å². The standard InChI is InChI=1S/C42H77BrO3/c1-4-7-10-13-16-19-22-25-28-31-34-44-40-37-39(43)38-41(45-35-32-29-26-23-20-17-14-11-8-5-2)42(40)46-36-33-30-27-24-21-18-15-12-9-6-3/h37-38H,4-36H2,1-3H3. The summed E-state index contributed by atoms with van der Waals surface area (Å²) in [7, 11) is 0. The first-order chi connectivity index (χ1) is 22.7. The SMILES string of the molecule is CCCCCCCCCCCCOc1cc(Br)cc(OCCCCCCCCCCCC)c1OCCCCCCCCCCCC. The Kier molecular flexibility index (Phi) is 31.9. The number of halogens is 1. The van der Waals surface area contributed by atoms with Crippen LogP contribution < -0.4 is 14.2 Å². The number of rotatable bonds is 36. The van der Waals surface area contributed by atoms with Gasteiger partial charge in [0.25, 0.3) is 0 Å². The smallest absolute Gasteiger partial charge is 0.203 e. The Morgan fingerprint density at radius 3 is 0.870 bits per heavy atom. The average molecular weight is 710 g/mol. The van der Waals surface area contributed by atoms with Crippen LogP contribution >= 0.6 is 15.9 Å². The van der Waals surface area contributed by atoms with Crippen molar-refractivity contribution in [2.45, 2.75) is 213 Å². The first-order valence-corrected chi connectivity index (χ1v) is 21.2. The van der Waals surface area contributed by atoms with Crippen molar-refractivity contribution in [2.75, 3.05) is 19.8 Å². The Morgan fingerprint density at radius 2 is 0.587 bits per heavy atom. The Morgan fingerprint density at radius 1 is 0.348 bits per heavy atom. The lowest BCUT2D eigenvalue weighted by Crippen LogP contribution is -2.06. The van der Waals surface area contributed by atoms with Crippen molar-refractivity contribution in [2.24, 2.45) is 0 Å². The fraction of sp³-hybridized carbons (Fsp3) is 0.857. The van der Waals surface area contributed by atoms with Gasteiger partial charge in [-0.05, 0) is 31.4 Å². The monoisotopic (exact) mass is 709 g/mol. The van der Waals surface area contributed by atoms with E-state index in [1.54, 1.807) is 0 Å². The first-order valence-electron chi connectivity index (χ1n) is 20.4. The zero-order valence-electron chi connectivity index (χ0n) is 31.1. The van der Waals surface area contributed by atoms with Crippen molar-refractivity contribution in [3.8, 4) is 17.2 Å². The van der Waals surface area contributed by atoms with E-state index in [0.717, 1.165) is 60.8 Å². The average Bonchev–Trinajstić information content (AvgIpc) is 3.05. The molecule has 0 aliphatic heterocycles. The van der Waals surface area contributed by atoms with Gasteiger partial charge in [0, 0.05) is 4.47 Å². The highest BCUT2D eigenvalue weighted by Crippen LogP contribution is 2.41. The molecule has 0 aliphatic carbocycles. The van der Waals surface area contributed by atoms with Crippen molar-refractivity contribution < 1.29 is 14.2 Å². The Labute approximate surface area is 296 Å². The van der Waals surface area contributed by atoms with E-state index in [1.807, 2.05) is 0 Å². The molecule has 0 aromatic heterocycles. The molecule has 1 aromatic carbocycles. The molecule has 0 saturated heterocycles. The molecule has 46 heavy (non-hydrogen) atoms. The van der Waals surface area contributed by atoms with E-state index >= 15 is 0 Å². The maximum Gasteiger partial charge on any atom is 0.203 e. The topological polar surface area (TPSA) is 27.7 Å². The van der Waals surface area contributed by atoms with Crippen molar-refractivity contribution in [3.63, 3.8) is 0 Å². The Bertz CT molecular complexity index is 720. The van der Waals surface area contributed by atoms with Gasteiger partial charge in [-0.15, -0.1) is 0 Å². The highest BCUT2D eigenvalue weighted by molar-refractivity contribution is 9.10. The van der Waals surface area contributed by atoms with E-state index < -0.39 is 0 Å². The molecule has 0 amide bonds. The number of hydrogen-bond donors (Lipinski definition) is 0. The number of ether oxygens (including phenoxy) is 3. The van der Waals surface area contributed by atoms with Gasteiger partial charge in [-0.1, -0.05) is 210 Å². The summed E-state index contributed by atoms with van der Waals surface area (Å²) < 4.78 is 20.1. The molecule has 3 nitrogen and oxygen atoms in total. The van der Waals surface area contributed by atoms with Gasteiger partial charge in [0.1, 0.15) is 0 Å². The van der Waals surface area contributed by atoms with Crippen molar-refractivity contribution >= 4 is 15.9 Å². The van der Waals surface area contributed by atoms with Crippen LogP contribution in [0.2, 0.25) is 0 Å². The minimum absolute atomic E-state index is 0.724. The van der Waals surface area contributed by atoms with E-state index in [-0.39, 0.29) is 0 Å². The largest absolute Gasteiger partial charge is 0.490 e. The molecule has 0 unspecified atom stereocenters. The summed E-state index contributed by atoms with van der Waals surface area (Å²) >= 11 is 3.72. The minimum atomic E-state index is 0.724. The molecule has 0 heterocycles. The van der Waals surface area contributed by atoms with Gasteiger partial charge in [-0.25, -0.2) is 0 Å². The molecule has 4 heteroatoms. The number of unbranched alkanes of at least 4 members (excludes halogenated alkanes) is 27. The highest BCUT2D eigenvalue weighted by atomic mass is 79.9. The van der Waals surface area contributed by atoms with Gasteiger partial charge in [-0.3, -0.25) is 0 Å². The molecule has 0 aliphatic rings. The molecule has 0 spiro atoms. The van der Waals surface area contributed by atoms with E-state index in [9.17, 15) is 0 Å². The molecule has 0 N–H and O–H groups in total. The lowest BCUT2D eigenvalue weighted by Gasteiger charge is -2.18. The van der Waals surface area contributed by atoms with Gasteiger partial charge in [0.2, 0.25) is 5.75 Å². The van der Waals surface area contributed by atoms with Gasteiger partial charge >= 0.3 is 0 Å². The quantitative estimate of drug-likeness (QED) is 0.0649. The second kappa shape index (κ2) is 34.0. The molecule has 0 atom stereocenters. The second-order valence-corrected chi connectivity index (χ2v) is 14.7. The maximum absolute atomic E-state index is 6.43. The fourth-order valence-corrected chi connectivity index (χ4v) is 6.62. The van der Waals surface area contributed by atoms with Crippen molar-refractivity contribution in [1.29, 1.82) is 0 Å². The number of benzene rings is 1. The van der Waals surface area contributed by atoms with Crippen LogP contribution in [-0.4, -0.2) is 19.8 Å².